The summed E-state index contributed by atoms with van der Waals surface area (Å²) in [5.74, 6) is 2.01. The van der Waals surface area contributed by atoms with Crippen LogP contribution in [0.3, 0.4) is 0 Å². The standard InChI is InChI=1S/C18H28N4O2S/c1-3-19-17(22-13-18(2)9-4-12-25-18)21-11-10-20-16(24)14-5-7-15(23)8-6-14/h5-8,23H,3-4,9-13H2,1-2H3,(H,20,24)(H2,19,21,22). The van der Waals surface area contributed by atoms with Crippen LogP contribution in [-0.2, 0) is 0 Å². The molecule has 2 rings (SSSR count). The second-order valence-electron chi connectivity index (χ2n) is 6.33. The lowest BCUT2D eigenvalue weighted by molar-refractivity contribution is 0.0954. The van der Waals surface area contributed by atoms with Crippen molar-refractivity contribution in [3.8, 4) is 5.75 Å². The normalized spacial score (nSPS) is 20.3. The molecule has 0 spiro atoms. The van der Waals surface area contributed by atoms with Crippen LogP contribution in [0.1, 0.15) is 37.0 Å². The monoisotopic (exact) mass is 364 g/mol. The van der Waals surface area contributed by atoms with Gasteiger partial charge in [-0.1, -0.05) is 0 Å². The molecule has 0 saturated carbocycles. The minimum Gasteiger partial charge on any atom is -0.508 e. The van der Waals surface area contributed by atoms with Crippen LogP contribution in [0.4, 0.5) is 0 Å². The number of hydrogen-bond acceptors (Lipinski definition) is 4. The summed E-state index contributed by atoms with van der Waals surface area (Å²) in [6.45, 7) is 7.00. The van der Waals surface area contributed by atoms with E-state index in [4.69, 9.17) is 0 Å². The number of carbonyl (C=O) groups excluding carboxylic acids is 1. The van der Waals surface area contributed by atoms with E-state index in [2.05, 4.69) is 27.9 Å². The molecule has 7 heteroatoms. The Bertz CT molecular complexity index is 583. The Hall–Kier alpha value is -1.89. The molecule has 1 unspecified atom stereocenters. The molecule has 138 valence electrons. The number of nitrogens with zero attached hydrogens (tertiary/aromatic N) is 1. The Morgan fingerprint density at radius 3 is 2.60 bits per heavy atom. The first kappa shape index (κ1) is 19.4. The van der Waals surface area contributed by atoms with Gasteiger partial charge < -0.3 is 21.1 Å². The molecule has 1 aromatic rings. The molecule has 0 bridgehead atoms. The number of phenols is 1. The van der Waals surface area contributed by atoms with Crippen molar-refractivity contribution in [2.75, 3.05) is 31.9 Å². The van der Waals surface area contributed by atoms with Crippen molar-refractivity contribution in [1.82, 2.24) is 16.0 Å². The van der Waals surface area contributed by atoms with Gasteiger partial charge in [-0.05, 0) is 56.7 Å². The smallest absolute Gasteiger partial charge is 0.251 e. The van der Waals surface area contributed by atoms with E-state index >= 15 is 0 Å². The molecule has 1 aliphatic rings. The SMILES string of the molecule is CCNC(=NCC1(C)CCCS1)NCCNC(=O)c1ccc(O)cc1. The van der Waals surface area contributed by atoms with Gasteiger partial charge in [0.15, 0.2) is 5.96 Å². The molecule has 0 radical (unpaired) electrons. The van der Waals surface area contributed by atoms with Gasteiger partial charge in [0.1, 0.15) is 5.75 Å². The van der Waals surface area contributed by atoms with Gasteiger partial charge in [0, 0.05) is 29.9 Å². The lowest BCUT2D eigenvalue weighted by Crippen LogP contribution is -2.42. The van der Waals surface area contributed by atoms with Crippen molar-refractivity contribution >= 4 is 23.6 Å². The molecule has 1 heterocycles. The van der Waals surface area contributed by atoms with Crippen LogP contribution in [0.5, 0.6) is 5.75 Å². The van der Waals surface area contributed by atoms with Gasteiger partial charge in [-0.15, -0.1) is 0 Å². The Morgan fingerprint density at radius 1 is 1.24 bits per heavy atom. The quantitative estimate of drug-likeness (QED) is 0.338. The van der Waals surface area contributed by atoms with Gasteiger partial charge in [0.2, 0.25) is 0 Å². The number of aliphatic imine (C=N–C) groups is 1. The summed E-state index contributed by atoms with van der Waals surface area (Å²) in [4.78, 5) is 16.7. The van der Waals surface area contributed by atoms with E-state index in [-0.39, 0.29) is 16.4 Å². The average molecular weight is 365 g/mol. The first-order valence-electron chi connectivity index (χ1n) is 8.76. The maximum atomic E-state index is 12.0. The number of rotatable bonds is 7. The van der Waals surface area contributed by atoms with Crippen LogP contribution in [0.25, 0.3) is 0 Å². The van der Waals surface area contributed by atoms with E-state index in [1.807, 2.05) is 18.7 Å². The number of phenolic OH excluding ortho intramolecular Hbond substituents is 1. The number of hydrogen-bond donors (Lipinski definition) is 4. The molecule has 4 N–H and O–H groups in total. The van der Waals surface area contributed by atoms with E-state index < -0.39 is 0 Å². The zero-order chi connectivity index (χ0) is 18.1. The van der Waals surface area contributed by atoms with Crippen molar-refractivity contribution in [2.24, 2.45) is 4.99 Å². The molecule has 1 amide bonds. The minimum absolute atomic E-state index is 0.152. The van der Waals surface area contributed by atoms with Crippen LogP contribution in [0, 0.1) is 0 Å². The molecule has 0 aromatic heterocycles. The summed E-state index contributed by atoms with van der Waals surface area (Å²) < 4.78 is 0.245. The van der Waals surface area contributed by atoms with Gasteiger partial charge in [0.25, 0.3) is 5.91 Å². The van der Waals surface area contributed by atoms with Crippen LogP contribution in [0.2, 0.25) is 0 Å². The van der Waals surface area contributed by atoms with E-state index in [9.17, 15) is 9.90 Å². The zero-order valence-corrected chi connectivity index (χ0v) is 15.8. The lowest BCUT2D eigenvalue weighted by Gasteiger charge is -2.21. The van der Waals surface area contributed by atoms with Gasteiger partial charge in [-0.25, -0.2) is 0 Å². The Balaban J connectivity index is 1.75. The van der Waals surface area contributed by atoms with E-state index in [1.54, 1.807) is 12.1 Å². The number of aromatic hydroxyl groups is 1. The highest BCUT2D eigenvalue weighted by Crippen LogP contribution is 2.37. The summed E-state index contributed by atoms with van der Waals surface area (Å²) in [6, 6.07) is 6.21. The molecule has 1 saturated heterocycles. The van der Waals surface area contributed by atoms with E-state index in [1.165, 1.54) is 30.7 Å². The lowest BCUT2D eigenvalue weighted by atomic mass is 10.1. The highest BCUT2D eigenvalue weighted by atomic mass is 32.2. The fourth-order valence-electron chi connectivity index (χ4n) is 2.62. The maximum Gasteiger partial charge on any atom is 0.251 e. The first-order valence-corrected chi connectivity index (χ1v) is 9.74. The number of carbonyl (C=O) groups is 1. The molecule has 1 fully saturated rings. The summed E-state index contributed by atoms with van der Waals surface area (Å²) in [5.41, 5.74) is 0.532. The van der Waals surface area contributed by atoms with E-state index in [0.717, 1.165) is 19.0 Å². The summed E-state index contributed by atoms with van der Waals surface area (Å²) in [6.07, 6.45) is 2.48. The molecular weight excluding hydrogens is 336 g/mol. The van der Waals surface area contributed by atoms with E-state index in [0.29, 0.717) is 18.7 Å². The van der Waals surface area contributed by atoms with Crippen molar-refractivity contribution in [1.29, 1.82) is 0 Å². The second-order valence-corrected chi connectivity index (χ2v) is 8.01. The number of thioether (sulfide) groups is 1. The predicted molar refractivity (Wildman–Crippen MR) is 105 cm³/mol. The van der Waals surface area contributed by atoms with Crippen molar-refractivity contribution in [3.63, 3.8) is 0 Å². The van der Waals surface area contributed by atoms with Crippen molar-refractivity contribution < 1.29 is 9.90 Å². The molecule has 1 aliphatic heterocycles. The zero-order valence-electron chi connectivity index (χ0n) is 15.0. The van der Waals surface area contributed by atoms with Crippen LogP contribution < -0.4 is 16.0 Å². The second kappa shape index (κ2) is 9.56. The number of amides is 1. The molecule has 0 aliphatic carbocycles. The third-order valence-corrected chi connectivity index (χ3v) is 5.57. The fourth-order valence-corrected chi connectivity index (χ4v) is 3.85. The van der Waals surface area contributed by atoms with Gasteiger partial charge >= 0.3 is 0 Å². The summed E-state index contributed by atoms with van der Waals surface area (Å²) in [7, 11) is 0. The Labute approximate surface area is 153 Å². The van der Waals surface area contributed by atoms with Gasteiger partial charge in [-0.3, -0.25) is 9.79 Å². The molecule has 1 aromatic carbocycles. The molecule has 25 heavy (non-hydrogen) atoms. The van der Waals surface area contributed by atoms with Gasteiger partial charge in [-0.2, -0.15) is 11.8 Å². The van der Waals surface area contributed by atoms with Gasteiger partial charge in [0.05, 0.1) is 6.54 Å². The number of nitrogens with one attached hydrogen (secondary N) is 3. The summed E-state index contributed by atoms with van der Waals surface area (Å²) >= 11 is 2.00. The Morgan fingerprint density at radius 2 is 1.96 bits per heavy atom. The topological polar surface area (TPSA) is 85.8 Å². The van der Waals surface area contributed by atoms with Crippen molar-refractivity contribution in [3.05, 3.63) is 29.8 Å². The molecule has 6 nitrogen and oxygen atoms in total. The van der Waals surface area contributed by atoms with Crippen LogP contribution in [-0.4, -0.2) is 53.7 Å². The number of guanidine groups is 1. The number of benzene rings is 1. The largest absolute Gasteiger partial charge is 0.508 e. The average Bonchev–Trinajstić information content (AvgIpc) is 3.04. The van der Waals surface area contributed by atoms with Crippen molar-refractivity contribution in [2.45, 2.75) is 31.4 Å². The third kappa shape index (κ3) is 6.49. The third-order valence-electron chi connectivity index (χ3n) is 4.05. The molecular formula is C18H28N4O2S. The predicted octanol–water partition coefficient (Wildman–Crippen LogP) is 1.96. The highest BCUT2D eigenvalue weighted by molar-refractivity contribution is 8.00. The highest BCUT2D eigenvalue weighted by Gasteiger charge is 2.29. The maximum absolute atomic E-state index is 12.0. The fraction of sp³-hybridized carbons (Fsp3) is 0.556. The van der Waals surface area contributed by atoms with Crippen LogP contribution in [0.15, 0.2) is 29.3 Å². The Kier molecular flexibility index (Phi) is 7.43. The van der Waals surface area contributed by atoms with Crippen LogP contribution >= 0.6 is 11.8 Å². The molecule has 1 atom stereocenters. The summed E-state index contributed by atoms with van der Waals surface area (Å²) in [5, 5.41) is 18.6. The first-order chi connectivity index (χ1) is 12.0. The minimum atomic E-state index is -0.154.